The minimum absolute atomic E-state index is 0.0372. The largest absolute Gasteiger partial charge is 0.548 e. The average molecular weight is 376 g/mol. The smallest absolute Gasteiger partial charge is 0.494 e. The summed E-state index contributed by atoms with van der Waals surface area (Å²) in [5, 5.41) is -2.29. The van der Waals surface area contributed by atoms with Gasteiger partial charge in [0.25, 0.3) is 0 Å². The maximum atomic E-state index is 9.72. The molecule has 0 saturated heterocycles. The van der Waals surface area contributed by atoms with Gasteiger partial charge in [0.05, 0.1) is 6.61 Å². The molecule has 1 rings (SSSR count). The van der Waals surface area contributed by atoms with E-state index in [4.69, 9.17) is 30.4 Å². The molecule has 0 fully saturated rings. The molecule has 0 bridgehead atoms. The molecule has 0 amide bonds. The first kappa shape index (κ1) is 21.8. The van der Waals surface area contributed by atoms with Gasteiger partial charge in [-0.05, 0) is 31.9 Å². The van der Waals surface area contributed by atoms with Gasteiger partial charge in [0, 0.05) is 32.6 Å². The van der Waals surface area contributed by atoms with Crippen LogP contribution in [0.5, 0.6) is 5.75 Å². The normalized spacial score (nSPS) is 15.0. The van der Waals surface area contributed by atoms with Crippen LogP contribution in [0.25, 0.3) is 0 Å². The fourth-order valence-electron chi connectivity index (χ4n) is 2.15. The van der Waals surface area contributed by atoms with Crippen molar-refractivity contribution in [3.63, 3.8) is 0 Å². The van der Waals surface area contributed by atoms with Gasteiger partial charge in [0.15, 0.2) is 0 Å². The van der Waals surface area contributed by atoms with E-state index in [1.54, 1.807) is 24.3 Å². The molecular formula is C15H28N2O7Si. The average Bonchev–Trinajstić information content (AvgIpc) is 2.55. The van der Waals surface area contributed by atoms with Crippen LogP contribution >= 0.6 is 0 Å². The first-order valence-corrected chi connectivity index (χ1v) is 9.62. The lowest BCUT2D eigenvalue weighted by molar-refractivity contribution is -0.289. The lowest BCUT2D eigenvalue weighted by Gasteiger charge is -2.44. The van der Waals surface area contributed by atoms with E-state index in [9.17, 15) is 14.4 Å². The van der Waals surface area contributed by atoms with Crippen LogP contribution in [0.1, 0.15) is 19.8 Å². The van der Waals surface area contributed by atoms with E-state index in [-0.39, 0.29) is 6.61 Å². The van der Waals surface area contributed by atoms with Crippen molar-refractivity contribution in [1.29, 1.82) is 0 Å². The Morgan fingerprint density at radius 3 is 2.20 bits per heavy atom. The van der Waals surface area contributed by atoms with Gasteiger partial charge in [0.2, 0.25) is 11.1 Å². The number of ether oxygens (including phenoxy) is 4. The van der Waals surface area contributed by atoms with E-state index in [1.807, 2.05) is 0 Å². The molecule has 25 heavy (non-hydrogen) atoms. The molecule has 9 nitrogen and oxygen atoms in total. The Balaban J connectivity index is 2.50. The van der Waals surface area contributed by atoms with Gasteiger partial charge in [-0.3, -0.25) is 5.73 Å². The van der Waals surface area contributed by atoms with Gasteiger partial charge in [-0.2, -0.15) is 0 Å². The highest BCUT2D eigenvalue weighted by Crippen LogP contribution is 2.30. The van der Waals surface area contributed by atoms with E-state index in [0.29, 0.717) is 30.9 Å². The molecule has 144 valence electrons. The number of hydrogen-bond acceptors (Lipinski definition) is 9. The number of unbranched alkanes of at least 4 members (excludes halogenated alkanes) is 1. The Kier molecular flexibility index (Phi) is 7.78. The molecule has 10 heteroatoms. The lowest BCUT2D eigenvalue weighted by atomic mass is 10.2. The Hall–Kier alpha value is -1.24. The summed E-state index contributed by atoms with van der Waals surface area (Å²) in [4.78, 5) is 29.1. The fraction of sp³-hybridized carbons (Fsp3) is 0.600. The Bertz CT molecular complexity index is 537. The first-order valence-electron chi connectivity index (χ1n) is 7.78. The van der Waals surface area contributed by atoms with Crippen LogP contribution in [0.4, 0.5) is 5.69 Å². The zero-order valence-electron chi connectivity index (χ0n) is 14.8. The quantitative estimate of drug-likeness (QED) is 0.150. The summed E-state index contributed by atoms with van der Waals surface area (Å²) in [7, 11) is -2.44. The molecule has 0 aliphatic rings. The van der Waals surface area contributed by atoms with E-state index < -0.39 is 19.9 Å². The van der Waals surface area contributed by atoms with Gasteiger partial charge in [0.1, 0.15) is 5.75 Å². The third-order valence-corrected chi connectivity index (χ3v) is 5.54. The SMILES string of the molecule is COC(C)(OC)C(N)(OCCCCOc1cccc(N)c1)[Si](O)(O)O. The van der Waals surface area contributed by atoms with Crippen molar-refractivity contribution >= 4 is 14.5 Å². The van der Waals surface area contributed by atoms with Crippen LogP contribution in [0.3, 0.4) is 0 Å². The lowest BCUT2D eigenvalue weighted by Crippen LogP contribution is -2.78. The third kappa shape index (κ3) is 5.36. The predicted molar refractivity (Wildman–Crippen MR) is 93.3 cm³/mol. The van der Waals surface area contributed by atoms with Crippen molar-refractivity contribution in [3.8, 4) is 5.75 Å². The van der Waals surface area contributed by atoms with E-state index in [0.717, 1.165) is 0 Å². The summed E-state index contributed by atoms with van der Waals surface area (Å²) in [6.45, 7) is 1.80. The minimum Gasteiger partial charge on any atom is -0.494 e. The van der Waals surface area contributed by atoms with Gasteiger partial charge >= 0.3 is 8.80 Å². The summed E-state index contributed by atoms with van der Waals surface area (Å²) in [6.07, 6.45) is 1.10. The van der Waals surface area contributed by atoms with Crippen LogP contribution in [0.2, 0.25) is 0 Å². The van der Waals surface area contributed by atoms with E-state index in [1.165, 1.54) is 21.1 Å². The number of methoxy groups -OCH3 is 2. The molecule has 0 aliphatic carbocycles. The van der Waals surface area contributed by atoms with Crippen molar-refractivity contribution in [1.82, 2.24) is 0 Å². The number of anilines is 1. The number of benzene rings is 1. The second kappa shape index (κ2) is 8.92. The van der Waals surface area contributed by atoms with Gasteiger partial charge in [-0.25, -0.2) is 0 Å². The number of nitrogens with two attached hydrogens (primary N) is 2. The number of rotatable bonds is 11. The molecule has 1 aromatic carbocycles. The molecule has 0 heterocycles. The maximum absolute atomic E-state index is 9.72. The Morgan fingerprint density at radius 2 is 1.68 bits per heavy atom. The Morgan fingerprint density at radius 1 is 1.08 bits per heavy atom. The summed E-state index contributed by atoms with van der Waals surface area (Å²) < 4.78 is 21.1. The van der Waals surface area contributed by atoms with Crippen molar-refractivity contribution in [2.24, 2.45) is 5.73 Å². The van der Waals surface area contributed by atoms with E-state index >= 15 is 0 Å². The zero-order valence-corrected chi connectivity index (χ0v) is 15.8. The second-order valence-electron chi connectivity index (χ2n) is 5.70. The van der Waals surface area contributed by atoms with Gasteiger partial charge < -0.3 is 39.1 Å². The molecule has 1 unspecified atom stereocenters. The molecule has 0 aromatic heterocycles. The van der Waals surface area contributed by atoms with E-state index in [2.05, 4.69) is 0 Å². The maximum Gasteiger partial charge on any atom is 0.548 e. The van der Waals surface area contributed by atoms with Crippen molar-refractivity contribution in [2.75, 3.05) is 33.2 Å². The number of hydrogen-bond donors (Lipinski definition) is 5. The summed E-state index contributed by atoms with van der Waals surface area (Å²) in [5.74, 6) is -1.08. The molecular weight excluding hydrogens is 348 g/mol. The molecule has 0 aliphatic heterocycles. The number of nitrogen functional groups attached to an aromatic ring is 1. The summed E-state index contributed by atoms with van der Waals surface area (Å²) in [6, 6.07) is 7.07. The highest BCUT2D eigenvalue weighted by Gasteiger charge is 2.65. The topological polar surface area (TPSA) is 150 Å². The first-order chi connectivity index (χ1) is 11.6. The van der Waals surface area contributed by atoms with Crippen LogP contribution in [-0.2, 0) is 14.2 Å². The molecule has 0 radical (unpaired) electrons. The minimum atomic E-state index is -4.96. The second-order valence-corrected chi connectivity index (χ2v) is 7.72. The summed E-state index contributed by atoms with van der Waals surface area (Å²) in [5.41, 5.74) is 12.2. The fourth-order valence-corrected chi connectivity index (χ4v) is 3.26. The molecule has 7 N–H and O–H groups in total. The van der Waals surface area contributed by atoms with Gasteiger partial charge in [-0.1, -0.05) is 6.07 Å². The standard InChI is InChI=1S/C15H28N2O7Si/c1-14(21-2,22-3)15(17,25(18,19)20)24-10-5-4-9-23-13-8-6-7-12(16)11-13/h6-8,11,18-20H,4-5,9-10,16-17H2,1-3H3. The predicted octanol–water partition coefficient (Wildman–Crippen LogP) is -0.437. The van der Waals surface area contributed by atoms with Crippen LogP contribution in [-0.4, -0.2) is 61.8 Å². The Labute approximate surface area is 148 Å². The molecule has 0 spiro atoms. The summed E-state index contributed by atoms with van der Waals surface area (Å²) >= 11 is 0. The van der Waals surface area contributed by atoms with Crippen LogP contribution < -0.4 is 16.2 Å². The van der Waals surface area contributed by atoms with Gasteiger partial charge in [-0.15, -0.1) is 0 Å². The van der Waals surface area contributed by atoms with Crippen LogP contribution in [0, 0.1) is 0 Å². The third-order valence-electron chi connectivity index (χ3n) is 3.95. The highest BCUT2D eigenvalue weighted by atomic mass is 28.4. The van der Waals surface area contributed by atoms with Crippen molar-refractivity contribution < 1.29 is 33.3 Å². The van der Waals surface area contributed by atoms with Crippen LogP contribution in [0.15, 0.2) is 24.3 Å². The molecule has 0 saturated carbocycles. The van der Waals surface area contributed by atoms with Crippen molar-refractivity contribution in [3.05, 3.63) is 24.3 Å². The zero-order chi connectivity index (χ0) is 19.1. The molecule has 1 aromatic rings. The molecule has 1 atom stereocenters. The monoisotopic (exact) mass is 376 g/mol. The van der Waals surface area contributed by atoms with Crippen molar-refractivity contribution in [2.45, 2.75) is 30.9 Å². The highest BCUT2D eigenvalue weighted by molar-refractivity contribution is 6.59.